The second-order valence-corrected chi connectivity index (χ2v) is 3.28. The third-order valence-corrected chi connectivity index (χ3v) is 2.18. The van der Waals surface area contributed by atoms with Crippen molar-refractivity contribution in [2.24, 2.45) is 0 Å². The molecule has 0 heterocycles. The minimum Gasteiger partial charge on any atom is -0.468 e. The standard InChI is InChI=1S/C12H9ClO3/c1-16-12(15)7-3-5-9-4-2-6-11(13)10(9)8-14/h2,4,6,8H,7H2,1H3. The van der Waals surface area contributed by atoms with Crippen LogP contribution in [0.15, 0.2) is 18.2 Å². The second-order valence-electron chi connectivity index (χ2n) is 2.87. The summed E-state index contributed by atoms with van der Waals surface area (Å²) in [5.74, 6) is 4.90. The summed E-state index contributed by atoms with van der Waals surface area (Å²) >= 11 is 5.81. The zero-order valence-electron chi connectivity index (χ0n) is 8.62. The number of hydrogen-bond acceptors (Lipinski definition) is 3. The first-order valence-corrected chi connectivity index (χ1v) is 4.86. The predicted octanol–water partition coefficient (Wildman–Crippen LogP) is 2.07. The Bertz CT molecular complexity index is 469. The van der Waals surface area contributed by atoms with E-state index < -0.39 is 5.97 Å². The molecule has 0 unspecified atom stereocenters. The Labute approximate surface area is 98.4 Å². The number of carbonyl (C=O) groups excluding carboxylic acids is 2. The van der Waals surface area contributed by atoms with Crippen LogP contribution in [0.5, 0.6) is 0 Å². The molecule has 0 aliphatic heterocycles. The van der Waals surface area contributed by atoms with Gasteiger partial charge >= 0.3 is 5.97 Å². The van der Waals surface area contributed by atoms with Gasteiger partial charge < -0.3 is 4.74 Å². The summed E-state index contributed by atoms with van der Waals surface area (Å²) in [7, 11) is 1.29. The van der Waals surface area contributed by atoms with Crippen molar-refractivity contribution in [2.45, 2.75) is 6.42 Å². The van der Waals surface area contributed by atoms with E-state index in [-0.39, 0.29) is 6.42 Å². The summed E-state index contributed by atoms with van der Waals surface area (Å²) in [6.07, 6.45) is 0.631. The molecule has 3 nitrogen and oxygen atoms in total. The highest BCUT2D eigenvalue weighted by Gasteiger charge is 2.03. The number of esters is 1. The van der Waals surface area contributed by atoms with E-state index in [4.69, 9.17) is 11.6 Å². The average molecular weight is 237 g/mol. The van der Waals surface area contributed by atoms with Crippen LogP contribution in [0.1, 0.15) is 22.3 Å². The maximum atomic E-state index is 10.8. The number of hydrogen-bond donors (Lipinski definition) is 0. The van der Waals surface area contributed by atoms with Gasteiger partial charge in [0.05, 0.1) is 12.1 Å². The van der Waals surface area contributed by atoms with Crippen molar-refractivity contribution in [1.29, 1.82) is 0 Å². The lowest BCUT2D eigenvalue weighted by Gasteiger charge is -1.98. The summed E-state index contributed by atoms with van der Waals surface area (Å²) in [6.45, 7) is 0. The molecular weight excluding hydrogens is 228 g/mol. The second kappa shape index (κ2) is 5.94. The van der Waals surface area contributed by atoms with Gasteiger partial charge in [-0.25, -0.2) is 0 Å². The third-order valence-electron chi connectivity index (χ3n) is 1.85. The highest BCUT2D eigenvalue weighted by molar-refractivity contribution is 6.33. The normalized spacial score (nSPS) is 8.88. The quantitative estimate of drug-likeness (QED) is 0.449. The number of methoxy groups -OCH3 is 1. The van der Waals surface area contributed by atoms with Crippen LogP contribution in [0.2, 0.25) is 5.02 Å². The van der Waals surface area contributed by atoms with Gasteiger partial charge in [-0.3, -0.25) is 9.59 Å². The monoisotopic (exact) mass is 236 g/mol. The molecule has 0 atom stereocenters. The molecule has 4 heteroatoms. The van der Waals surface area contributed by atoms with E-state index in [1.807, 2.05) is 0 Å². The molecule has 0 N–H and O–H groups in total. The lowest BCUT2D eigenvalue weighted by atomic mass is 10.1. The van der Waals surface area contributed by atoms with Crippen molar-refractivity contribution in [3.8, 4) is 11.8 Å². The molecule has 82 valence electrons. The van der Waals surface area contributed by atoms with Gasteiger partial charge in [0.15, 0.2) is 6.29 Å². The van der Waals surface area contributed by atoms with Crippen LogP contribution in [0.4, 0.5) is 0 Å². The predicted molar refractivity (Wildman–Crippen MR) is 60.4 cm³/mol. The number of ether oxygens (including phenoxy) is 1. The fraction of sp³-hybridized carbons (Fsp3) is 0.167. The first-order valence-electron chi connectivity index (χ1n) is 4.48. The van der Waals surface area contributed by atoms with Gasteiger partial charge in [0.25, 0.3) is 0 Å². The molecule has 0 saturated carbocycles. The zero-order valence-corrected chi connectivity index (χ0v) is 9.38. The molecule has 1 rings (SSSR count). The van der Waals surface area contributed by atoms with E-state index in [0.717, 1.165) is 0 Å². The Morgan fingerprint density at radius 1 is 1.56 bits per heavy atom. The third kappa shape index (κ3) is 3.11. The van der Waals surface area contributed by atoms with Gasteiger partial charge in [0, 0.05) is 11.1 Å². The van der Waals surface area contributed by atoms with Crippen LogP contribution in [0, 0.1) is 11.8 Å². The van der Waals surface area contributed by atoms with Crippen LogP contribution in [-0.4, -0.2) is 19.4 Å². The number of carbonyl (C=O) groups is 2. The maximum absolute atomic E-state index is 10.8. The highest BCUT2D eigenvalue weighted by Crippen LogP contribution is 2.17. The van der Waals surface area contributed by atoms with Crippen LogP contribution >= 0.6 is 11.6 Å². The van der Waals surface area contributed by atoms with Crippen LogP contribution in [0.3, 0.4) is 0 Å². The van der Waals surface area contributed by atoms with E-state index in [1.165, 1.54) is 7.11 Å². The Morgan fingerprint density at radius 2 is 2.31 bits per heavy atom. The van der Waals surface area contributed by atoms with Crippen molar-refractivity contribution < 1.29 is 14.3 Å². The van der Waals surface area contributed by atoms with Gasteiger partial charge in [0.1, 0.15) is 6.42 Å². The van der Waals surface area contributed by atoms with Crippen LogP contribution < -0.4 is 0 Å². The molecule has 0 saturated heterocycles. The van der Waals surface area contributed by atoms with Gasteiger partial charge in [-0.1, -0.05) is 29.5 Å². The lowest BCUT2D eigenvalue weighted by molar-refractivity contribution is -0.139. The first kappa shape index (κ1) is 12.3. The molecule has 0 spiro atoms. The smallest absolute Gasteiger partial charge is 0.317 e. The van der Waals surface area contributed by atoms with Gasteiger partial charge in [-0.2, -0.15) is 0 Å². The van der Waals surface area contributed by atoms with Gasteiger partial charge in [-0.05, 0) is 12.1 Å². The first-order chi connectivity index (χ1) is 7.69. The zero-order chi connectivity index (χ0) is 12.0. The van der Waals surface area contributed by atoms with Crippen molar-refractivity contribution in [3.63, 3.8) is 0 Å². The molecule has 16 heavy (non-hydrogen) atoms. The molecule has 0 radical (unpaired) electrons. The summed E-state index contributed by atoms with van der Waals surface area (Å²) in [5.41, 5.74) is 0.841. The topological polar surface area (TPSA) is 43.4 Å². The number of benzene rings is 1. The number of aldehydes is 1. The van der Waals surface area contributed by atoms with E-state index in [9.17, 15) is 9.59 Å². The molecule has 1 aromatic rings. The Balaban J connectivity index is 2.92. The van der Waals surface area contributed by atoms with Crippen molar-refractivity contribution in [2.75, 3.05) is 7.11 Å². The molecular formula is C12H9ClO3. The Kier molecular flexibility index (Phi) is 4.56. The summed E-state index contributed by atoms with van der Waals surface area (Å²) in [5, 5.41) is 0.347. The van der Waals surface area contributed by atoms with Crippen molar-refractivity contribution in [1.82, 2.24) is 0 Å². The average Bonchev–Trinajstić information content (AvgIpc) is 2.29. The summed E-state index contributed by atoms with van der Waals surface area (Å²) in [6, 6.07) is 4.97. The Hall–Kier alpha value is -1.79. The van der Waals surface area contributed by atoms with Crippen LogP contribution in [-0.2, 0) is 9.53 Å². The molecule has 0 fully saturated rings. The van der Waals surface area contributed by atoms with Gasteiger partial charge in [-0.15, -0.1) is 0 Å². The fourth-order valence-electron chi connectivity index (χ4n) is 1.05. The van der Waals surface area contributed by atoms with Crippen molar-refractivity contribution >= 4 is 23.9 Å². The lowest BCUT2D eigenvalue weighted by Crippen LogP contribution is -1.97. The summed E-state index contributed by atoms with van der Waals surface area (Å²) in [4.78, 5) is 21.6. The molecule has 1 aromatic carbocycles. The molecule has 0 aliphatic rings. The van der Waals surface area contributed by atoms with Gasteiger partial charge in [0.2, 0.25) is 0 Å². The molecule has 0 bridgehead atoms. The van der Waals surface area contributed by atoms with E-state index in [1.54, 1.807) is 18.2 Å². The molecule has 0 aliphatic carbocycles. The number of rotatable bonds is 2. The molecule has 0 amide bonds. The van der Waals surface area contributed by atoms with Crippen LogP contribution in [0.25, 0.3) is 0 Å². The molecule has 0 aromatic heterocycles. The number of halogens is 1. The Morgan fingerprint density at radius 3 is 2.94 bits per heavy atom. The minimum absolute atomic E-state index is 0.0126. The summed E-state index contributed by atoms with van der Waals surface area (Å²) < 4.78 is 4.43. The van der Waals surface area contributed by atoms with E-state index in [2.05, 4.69) is 16.6 Å². The largest absolute Gasteiger partial charge is 0.468 e. The highest BCUT2D eigenvalue weighted by atomic mass is 35.5. The van der Waals surface area contributed by atoms with Crippen molar-refractivity contribution in [3.05, 3.63) is 34.3 Å². The minimum atomic E-state index is -0.415. The van der Waals surface area contributed by atoms with E-state index in [0.29, 0.717) is 22.4 Å². The SMILES string of the molecule is COC(=O)CC#Cc1cccc(Cl)c1C=O. The fourth-order valence-corrected chi connectivity index (χ4v) is 1.27. The maximum Gasteiger partial charge on any atom is 0.317 e. The van der Waals surface area contributed by atoms with E-state index >= 15 is 0 Å².